The van der Waals surface area contributed by atoms with Crippen molar-refractivity contribution in [3.63, 3.8) is 0 Å². The molecule has 0 spiro atoms. The van der Waals surface area contributed by atoms with Crippen LogP contribution in [0.25, 0.3) is 16.5 Å². The first-order chi connectivity index (χ1) is 7.74. The number of nitriles is 1. The first kappa shape index (κ1) is 10.2. The Morgan fingerprint density at radius 2 is 1.88 bits per heavy atom. The molecule has 0 saturated heterocycles. The fourth-order valence-corrected chi connectivity index (χ4v) is 1.66. The Labute approximate surface area is 92.4 Å². The number of hydrogen-bond acceptors (Lipinski definition) is 2. The lowest BCUT2D eigenvalue weighted by molar-refractivity contribution is 0.640. The van der Waals surface area contributed by atoms with E-state index in [0.29, 0.717) is 22.0 Å². The predicted octanol–water partition coefficient (Wildman–Crippen LogP) is 2.80. The molecule has 3 heteroatoms. The molecule has 2 N–H and O–H groups in total. The van der Waals surface area contributed by atoms with Crippen LogP contribution in [-0.2, 0) is 0 Å². The zero-order valence-electron chi connectivity index (χ0n) is 8.44. The van der Waals surface area contributed by atoms with Gasteiger partial charge in [-0.3, -0.25) is 0 Å². The molecule has 2 rings (SSSR count). The van der Waals surface area contributed by atoms with E-state index in [4.69, 9.17) is 11.0 Å². The van der Waals surface area contributed by atoms with E-state index in [9.17, 15) is 4.39 Å². The summed E-state index contributed by atoms with van der Waals surface area (Å²) >= 11 is 0. The molecular weight excluding hydrogens is 203 g/mol. The monoisotopic (exact) mass is 212 g/mol. The first-order valence-corrected chi connectivity index (χ1v) is 4.77. The normalized spacial score (nSPS) is 11.4. The van der Waals surface area contributed by atoms with Gasteiger partial charge in [-0.15, -0.1) is 0 Å². The Morgan fingerprint density at radius 3 is 2.56 bits per heavy atom. The largest absolute Gasteiger partial charge is 0.398 e. The van der Waals surface area contributed by atoms with Crippen molar-refractivity contribution in [1.82, 2.24) is 0 Å². The maximum atomic E-state index is 13.5. The second-order valence-electron chi connectivity index (χ2n) is 3.37. The summed E-state index contributed by atoms with van der Waals surface area (Å²) in [6, 6.07) is 11.9. The molecule has 0 aliphatic carbocycles. The van der Waals surface area contributed by atoms with Gasteiger partial charge in [0.15, 0.2) is 0 Å². The van der Waals surface area contributed by atoms with Gasteiger partial charge in [-0.25, -0.2) is 4.39 Å². The number of benzene rings is 2. The highest BCUT2D eigenvalue weighted by atomic mass is 19.1. The molecule has 0 heterocycles. The highest BCUT2D eigenvalue weighted by molar-refractivity contribution is 5.93. The van der Waals surface area contributed by atoms with E-state index in [1.807, 2.05) is 12.1 Å². The quantitative estimate of drug-likeness (QED) is 0.739. The van der Waals surface area contributed by atoms with Gasteiger partial charge in [-0.1, -0.05) is 24.3 Å². The lowest BCUT2D eigenvalue weighted by atomic mass is 10.0. The molecule has 0 unspecified atom stereocenters. The molecule has 0 saturated carbocycles. The maximum absolute atomic E-state index is 13.5. The number of nitrogens with zero attached hydrogens (tertiary/aromatic N) is 1. The smallest absolute Gasteiger partial charge is 0.131 e. The Kier molecular flexibility index (Phi) is 2.57. The van der Waals surface area contributed by atoms with Crippen LogP contribution in [-0.4, -0.2) is 0 Å². The minimum atomic E-state index is -0.288. The molecule has 0 aliphatic heterocycles. The van der Waals surface area contributed by atoms with E-state index in [1.54, 1.807) is 24.3 Å². The van der Waals surface area contributed by atoms with Crippen LogP contribution in [0.1, 0.15) is 5.56 Å². The Hall–Kier alpha value is -2.34. The lowest BCUT2D eigenvalue weighted by Gasteiger charge is -2.06. The van der Waals surface area contributed by atoms with E-state index in [2.05, 4.69) is 0 Å². The van der Waals surface area contributed by atoms with Crippen LogP contribution in [0.5, 0.6) is 0 Å². The predicted molar refractivity (Wildman–Crippen MR) is 61.7 cm³/mol. The molecule has 2 aromatic carbocycles. The second kappa shape index (κ2) is 4.03. The molecule has 0 radical (unpaired) electrons. The summed E-state index contributed by atoms with van der Waals surface area (Å²) in [4.78, 5) is 0. The number of fused-ring (bicyclic) bond motifs is 1. The van der Waals surface area contributed by atoms with Crippen LogP contribution in [0.4, 0.5) is 4.39 Å². The SMILES string of the molecule is N#C/C=C(/N)c1ccc(F)c2ccccc12. The van der Waals surface area contributed by atoms with Gasteiger partial charge in [0, 0.05) is 22.7 Å². The molecule has 0 amide bonds. The number of hydrogen-bond donors (Lipinski definition) is 1. The van der Waals surface area contributed by atoms with Crippen LogP contribution < -0.4 is 5.73 Å². The van der Waals surface area contributed by atoms with Crippen LogP contribution in [0.3, 0.4) is 0 Å². The van der Waals surface area contributed by atoms with Crippen molar-refractivity contribution in [2.75, 3.05) is 0 Å². The third-order valence-corrected chi connectivity index (χ3v) is 2.40. The number of allylic oxidation sites excluding steroid dienone is 1. The molecule has 0 aromatic heterocycles. The molecular formula is C13H9FN2. The summed E-state index contributed by atoms with van der Waals surface area (Å²) in [6.07, 6.45) is 1.25. The highest BCUT2D eigenvalue weighted by Crippen LogP contribution is 2.24. The Balaban J connectivity index is 2.78. The van der Waals surface area contributed by atoms with E-state index >= 15 is 0 Å². The van der Waals surface area contributed by atoms with Crippen LogP contribution in [0.15, 0.2) is 42.5 Å². The van der Waals surface area contributed by atoms with Gasteiger partial charge in [0.2, 0.25) is 0 Å². The molecule has 16 heavy (non-hydrogen) atoms. The fourth-order valence-electron chi connectivity index (χ4n) is 1.66. The molecule has 0 fully saturated rings. The molecule has 0 bridgehead atoms. The van der Waals surface area contributed by atoms with Crippen LogP contribution in [0, 0.1) is 17.1 Å². The summed E-state index contributed by atoms with van der Waals surface area (Å²) in [6.45, 7) is 0. The van der Waals surface area contributed by atoms with E-state index in [1.165, 1.54) is 12.1 Å². The third kappa shape index (κ3) is 1.61. The molecule has 2 aromatic rings. The lowest BCUT2D eigenvalue weighted by Crippen LogP contribution is -1.97. The van der Waals surface area contributed by atoms with Crippen molar-refractivity contribution >= 4 is 16.5 Å². The minimum absolute atomic E-state index is 0.288. The van der Waals surface area contributed by atoms with Gasteiger partial charge in [0.05, 0.1) is 6.07 Å². The van der Waals surface area contributed by atoms with Crippen molar-refractivity contribution in [1.29, 1.82) is 5.26 Å². The summed E-state index contributed by atoms with van der Waals surface area (Å²) in [5, 5.41) is 9.77. The van der Waals surface area contributed by atoms with Crippen LogP contribution in [0.2, 0.25) is 0 Å². The Morgan fingerprint density at radius 1 is 1.19 bits per heavy atom. The van der Waals surface area contributed by atoms with Gasteiger partial charge in [0.1, 0.15) is 5.82 Å². The van der Waals surface area contributed by atoms with E-state index < -0.39 is 0 Å². The van der Waals surface area contributed by atoms with Crippen molar-refractivity contribution in [3.05, 3.63) is 53.9 Å². The van der Waals surface area contributed by atoms with E-state index in [0.717, 1.165) is 0 Å². The van der Waals surface area contributed by atoms with Gasteiger partial charge >= 0.3 is 0 Å². The summed E-state index contributed by atoms with van der Waals surface area (Å²) < 4.78 is 13.5. The standard InChI is InChI=1S/C13H9FN2/c14-12-6-5-11(13(16)7-8-15)9-3-1-2-4-10(9)12/h1-7H,16H2/b13-7+. The number of nitrogens with two attached hydrogens (primary N) is 1. The molecule has 0 atom stereocenters. The Bertz CT molecular complexity index is 609. The molecule has 2 nitrogen and oxygen atoms in total. The summed E-state index contributed by atoms with van der Waals surface area (Å²) in [5.41, 5.74) is 6.76. The van der Waals surface area contributed by atoms with Gasteiger partial charge in [-0.05, 0) is 17.5 Å². The zero-order chi connectivity index (χ0) is 11.5. The van der Waals surface area contributed by atoms with Crippen molar-refractivity contribution < 1.29 is 4.39 Å². The van der Waals surface area contributed by atoms with Crippen LogP contribution >= 0.6 is 0 Å². The van der Waals surface area contributed by atoms with Crippen molar-refractivity contribution in [2.45, 2.75) is 0 Å². The maximum Gasteiger partial charge on any atom is 0.131 e. The van der Waals surface area contributed by atoms with Gasteiger partial charge in [-0.2, -0.15) is 5.26 Å². The van der Waals surface area contributed by atoms with E-state index in [-0.39, 0.29) is 5.82 Å². The average Bonchev–Trinajstić information content (AvgIpc) is 2.30. The third-order valence-electron chi connectivity index (χ3n) is 2.40. The summed E-state index contributed by atoms with van der Waals surface area (Å²) in [7, 11) is 0. The summed E-state index contributed by atoms with van der Waals surface area (Å²) in [5.74, 6) is -0.288. The van der Waals surface area contributed by atoms with Gasteiger partial charge in [0.25, 0.3) is 0 Å². The topological polar surface area (TPSA) is 49.8 Å². The van der Waals surface area contributed by atoms with Crippen molar-refractivity contribution in [3.8, 4) is 6.07 Å². The highest BCUT2D eigenvalue weighted by Gasteiger charge is 2.06. The number of rotatable bonds is 1. The first-order valence-electron chi connectivity index (χ1n) is 4.77. The van der Waals surface area contributed by atoms with Crippen molar-refractivity contribution in [2.24, 2.45) is 5.73 Å². The number of halogens is 1. The zero-order valence-corrected chi connectivity index (χ0v) is 8.44. The average molecular weight is 212 g/mol. The molecule has 0 aliphatic rings. The minimum Gasteiger partial charge on any atom is -0.398 e. The molecule has 78 valence electrons. The second-order valence-corrected chi connectivity index (χ2v) is 3.37. The van der Waals surface area contributed by atoms with Gasteiger partial charge < -0.3 is 5.73 Å². The fraction of sp³-hybridized carbons (Fsp3) is 0.